The molecule has 3 rings (SSSR count). The van der Waals surface area contributed by atoms with Crippen LogP contribution in [-0.4, -0.2) is 28.3 Å². The molecule has 0 bridgehead atoms. The zero-order valence-corrected chi connectivity index (χ0v) is 18.1. The Morgan fingerprint density at radius 2 is 2.00 bits per heavy atom. The number of rotatable bonds is 9. The molecule has 0 aliphatic heterocycles. The highest BCUT2D eigenvalue weighted by atomic mass is 32.1. The maximum atomic E-state index is 12.4. The monoisotopic (exact) mass is 441 g/mol. The first-order valence-corrected chi connectivity index (χ1v) is 10.2. The van der Waals surface area contributed by atoms with Crippen molar-refractivity contribution >= 4 is 29.8 Å². The van der Waals surface area contributed by atoms with E-state index in [1.165, 1.54) is 4.68 Å². The van der Waals surface area contributed by atoms with Crippen LogP contribution >= 0.6 is 12.2 Å². The largest absolute Gasteiger partial charge is 0.484 e. The van der Waals surface area contributed by atoms with Crippen LogP contribution in [0, 0.1) is 11.8 Å². The summed E-state index contributed by atoms with van der Waals surface area (Å²) >= 11 is 5.14. The van der Waals surface area contributed by atoms with Gasteiger partial charge in [-0.25, -0.2) is 9.48 Å². The third-order valence-electron chi connectivity index (χ3n) is 4.11. The van der Waals surface area contributed by atoms with Crippen LogP contribution in [0.2, 0.25) is 0 Å². The van der Waals surface area contributed by atoms with Crippen LogP contribution in [0.3, 0.4) is 0 Å². The molecular formula is C22H23N3O5S. The second-order valence-electron chi connectivity index (χ2n) is 6.79. The van der Waals surface area contributed by atoms with Gasteiger partial charge < -0.3 is 19.2 Å². The van der Waals surface area contributed by atoms with Gasteiger partial charge in [0.15, 0.2) is 6.61 Å². The highest BCUT2D eigenvalue weighted by molar-refractivity contribution is 7.71. The van der Waals surface area contributed by atoms with Crippen molar-refractivity contribution in [1.29, 1.82) is 0 Å². The Kier molecular flexibility index (Phi) is 7.55. The molecule has 1 amide bonds. The smallest absolute Gasteiger partial charge is 0.338 e. The second kappa shape index (κ2) is 10.5. The summed E-state index contributed by atoms with van der Waals surface area (Å²) < 4.78 is 17.4. The Hall–Kier alpha value is -3.46. The molecule has 0 saturated carbocycles. The maximum Gasteiger partial charge on any atom is 0.338 e. The number of hydrogen-bond donors (Lipinski definition) is 1. The minimum Gasteiger partial charge on any atom is -0.484 e. The molecule has 2 aromatic carbocycles. The number of aromatic nitrogens is 2. The Bertz CT molecular complexity index is 1120. The Labute approximate surface area is 184 Å². The van der Waals surface area contributed by atoms with Crippen LogP contribution in [0.25, 0.3) is 0 Å². The van der Waals surface area contributed by atoms with Gasteiger partial charge in [-0.1, -0.05) is 25.1 Å². The van der Waals surface area contributed by atoms with E-state index in [1.807, 2.05) is 38.1 Å². The maximum absolute atomic E-state index is 12.4. The topological polar surface area (TPSA) is 95.6 Å². The average Bonchev–Trinajstić information content (AvgIpc) is 3.09. The lowest BCUT2D eigenvalue weighted by Gasteiger charge is -2.07. The number of carbonyl (C=O) groups is 2. The summed E-state index contributed by atoms with van der Waals surface area (Å²) in [5.74, 6) is 0.148. The third kappa shape index (κ3) is 6.51. The summed E-state index contributed by atoms with van der Waals surface area (Å²) in [7, 11) is 0. The van der Waals surface area contributed by atoms with Gasteiger partial charge in [0.05, 0.1) is 12.2 Å². The molecule has 162 valence electrons. The first kappa shape index (κ1) is 22.2. The molecule has 0 radical (unpaired) electrons. The van der Waals surface area contributed by atoms with Crippen LogP contribution in [0.5, 0.6) is 5.75 Å². The number of aryl methyl sites for hydroxylation is 1. The van der Waals surface area contributed by atoms with Gasteiger partial charge in [0.1, 0.15) is 12.3 Å². The molecule has 0 saturated heterocycles. The van der Waals surface area contributed by atoms with Gasteiger partial charge in [-0.3, -0.25) is 4.79 Å². The van der Waals surface area contributed by atoms with Crippen molar-refractivity contribution in [3.63, 3.8) is 0 Å². The zero-order valence-electron chi connectivity index (χ0n) is 17.3. The molecule has 0 spiro atoms. The van der Waals surface area contributed by atoms with Crippen molar-refractivity contribution in [3.05, 3.63) is 70.4 Å². The van der Waals surface area contributed by atoms with Crippen molar-refractivity contribution in [2.45, 2.75) is 33.4 Å². The standard InChI is InChI=1S/C22H23N3O5S/c1-3-10-28-21(27)16-7-5-8-17(12-16)23-19(26)13-25-22(31)30-20(24-25)14-29-18-9-4-6-15(2)11-18/h4-9,11-12H,3,10,13-14H2,1-2H3,(H,23,26). The lowest BCUT2D eigenvalue weighted by atomic mass is 10.2. The van der Waals surface area contributed by atoms with E-state index in [0.717, 1.165) is 12.0 Å². The average molecular weight is 442 g/mol. The predicted octanol–water partition coefficient (Wildman–Crippen LogP) is 4.30. The number of amides is 1. The van der Waals surface area contributed by atoms with Crippen molar-refractivity contribution < 1.29 is 23.5 Å². The van der Waals surface area contributed by atoms with Crippen LogP contribution in [0.1, 0.15) is 35.2 Å². The fourth-order valence-electron chi connectivity index (χ4n) is 2.70. The number of hydrogen-bond acceptors (Lipinski definition) is 7. The second-order valence-corrected chi connectivity index (χ2v) is 7.14. The van der Waals surface area contributed by atoms with E-state index in [-0.39, 0.29) is 29.8 Å². The molecule has 0 aliphatic carbocycles. The van der Waals surface area contributed by atoms with E-state index in [2.05, 4.69) is 10.4 Å². The molecule has 9 heteroatoms. The minimum absolute atomic E-state index is 0.0647. The molecular weight excluding hydrogens is 418 g/mol. The Balaban J connectivity index is 1.58. The quantitative estimate of drug-likeness (QED) is 0.391. The summed E-state index contributed by atoms with van der Waals surface area (Å²) in [4.78, 5) is 24.4. The summed E-state index contributed by atoms with van der Waals surface area (Å²) in [6.45, 7) is 4.17. The number of nitrogens with zero attached hydrogens (tertiary/aromatic N) is 2. The molecule has 0 aliphatic rings. The normalized spacial score (nSPS) is 10.5. The zero-order chi connectivity index (χ0) is 22.2. The summed E-state index contributed by atoms with van der Waals surface area (Å²) in [5.41, 5.74) is 1.90. The predicted molar refractivity (Wildman–Crippen MR) is 116 cm³/mol. The van der Waals surface area contributed by atoms with Gasteiger partial charge in [-0.15, -0.1) is 5.10 Å². The van der Waals surface area contributed by atoms with E-state index in [0.29, 0.717) is 23.6 Å². The highest BCUT2D eigenvalue weighted by Crippen LogP contribution is 2.15. The van der Waals surface area contributed by atoms with Gasteiger partial charge in [0.25, 0.3) is 10.7 Å². The van der Waals surface area contributed by atoms with Gasteiger partial charge >= 0.3 is 5.97 Å². The lowest BCUT2D eigenvalue weighted by Crippen LogP contribution is -2.20. The van der Waals surface area contributed by atoms with Gasteiger partial charge in [-0.2, -0.15) is 0 Å². The molecule has 1 N–H and O–H groups in total. The van der Waals surface area contributed by atoms with Crippen LogP contribution in [0.4, 0.5) is 5.69 Å². The third-order valence-corrected chi connectivity index (χ3v) is 4.41. The van der Waals surface area contributed by atoms with Gasteiger partial charge in [0.2, 0.25) is 5.91 Å². The highest BCUT2D eigenvalue weighted by Gasteiger charge is 2.12. The fourth-order valence-corrected chi connectivity index (χ4v) is 2.90. The van der Waals surface area contributed by atoms with E-state index in [9.17, 15) is 9.59 Å². The SMILES string of the molecule is CCCOC(=O)c1cccc(NC(=O)Cn2nc(COc3cccc(C)c3)oc2=S)c1. The lowest BCUT2D eigenvalue weighted by molar-refractivity contribution is -0.117. The summed E-state index contributed by atoms with van der Waals surface area (Å²) in [5, 5.41) is 6.91. The van der Waals surface area contributed by atoms with Gasteiger partial charge in [-0.05, 0) is 61.5 Å². The fraction of sp³-hybridized carbons (Fsp3) is 0.273. The molecule has 0 fully saturated rings. The molecule has 0 atom stereocenters. The number of carbonyl (C=O) groups excluding carboxylic acids is 2. The van der Waals surface area contributed by atoms with Crippen molar-refractivity contribution in [3.8, 4) is 5.75 Å². The van der Waals surface area contributed by atoms with Crippen molar-refractivity contribution in [2.24, 2.45) is 0 Å². The number of ether oxygens (including phenoxy) is 2. The van der Waals surface area contributed by atoms with E-state index in [4.69, 9.17) is 26.1 Å². The number of anilines is 1. The van der Waals surface area contributed by atoms with Crippen molar-refractivity contribution in [1.82, 2.24) is 9.78 Å². The molecule has 1 aromatic heterocycles. The Morgan fingerprint density at radius 3 is 2.77 bits per heavy atom. The van der Waals surface area contributed by atoms with Crippen LogP contribution < -0.4 is 10.1 Å². The first-order chi connectivity index (χ1) is 14.9. The van der Waals surface area contributed by atoms with E-state index in [1.54, 1.807) is 24.3 Å². The van der Waals surface area contributed by atoms with E-state index < -0.39 is 5.97 Å². The molecule has 0 unspecified atom stereocenters. The minimum atomic E-state index is -0.435. The molecule has 31 heavy (non-hydrogen) atoms. The summed E-state index contributed by atoms with van der Waals surface area (Å²) in [6, 6.07) is 14.1. The van der Waals surface area contributed by atoms with E-state index >= 15 is 0 Å². The number of nitrogens with one attached hydrogen (secondary N) is 1. The van der Waals surface area contributed by atoms with Crippen molar-refractivity contribution in [2.75, 3.05) is 11.9 Å². The van der Waals surface area contributed by atoms with Gasteiger partial charge in [0, 0.05) is 5.69 Å². The molecule has 3 aromatic rings. The Morgan fingerprint density at radius 1 is 1.19 bits per heavy atom. The van der Waals surface area contributed by atoms with Crippen LogP contribution in [0.15, 0.2) is 52.9 Å². The van der Waals surface area contributed by atoms with Crippen LogP contribution in [-0.2, 0) is 22.7 Å². The molecule has 8 nitrogen and oxygen atoms in total. The summed E-state index contributed by atoms with van der Waals surface area (Å²) in [6.07, 6.45) is 0.735. The number of benzene rings is 2. The number of esters is 1. The molecule has 1 heterocycles. The first-order valence-electron chi connectivity index (χ1n) is 9.78.